The zero-order valence-electron chi connectivity index (χ0n) is 37.1. The van der Waals surface area contributed by atoms with Crippen molar-refractivity contribution in [2.75, 3.05) is 26.2 Å². The summed E-state index contributed by atoms with van der Waals surface area (Å²) in [6.45, 7) is 0.375. The van der Waals surface area contributed by atoms with Crippen LogP contribution < -0.4 is 59.7 Å². The number of aromatic hydroxyl groups is 1. The summed E-state index contributed by atoms with van der Waals surface area (Å²) in [6, 6.07) is -4.40. The number of amides is 12. The quantitative estimate of drug-likeness (QED) is 0.0651. The third-order valence-corrected chi connectivity index (χ3v) is 10.7. The highest BCUT2D eigenvalue weighted by molar-refractivity contribution is 5.99. The van der Waals surface area contributed by atoms with Gasteiger partial charge in [0.25, 0.3) is 0 Å². The molecule has 16 N–H and O–H groups in total. The number of rotatable bonds is 18. The summed E-state index contributed by atoms with van der Waals surface area (Å²) < 4.78 is 0. The third-order valence-electron chi connectivity index (χ3n) is 10.7. The molecule has 368 valence electrons. The molecule has 2 fully saturated rings. The molecule has 26 nitrogen and oxygen atoms in total. The van der Waals surface area contributed by atoms with E-state index in [9.17, 15) is 67.7 Å². The first-order valence-electron chi connectivity index (χ1n) is 21.5. The number of carbonyl (C=O) groups is 12. The van der Waals surface area contributed by atoms with E-state index in [0.717, 1.165) is 4.90 Å². The van der Waals surface area contributed by atoms with Gasteiger partial charge in [0.1, 0.15) is 42.0 Å². The van der Waals surface area contributed by atoms with Crippen molar-refractivity contribution in [3.8, 4) is 5.75 Å². The molecule has 1 saturated heterocycles. The van der Waals surface area contributed by atoms with Gasteiger partial charge in [-0.2, -0.15) is 0 Å². The summed E-state index contributed by atoms with van der Waals surface area (Å²) in [4.78, 5) is 159. The Morgan fingerprint density at radius 3 is 1.97 bits per heavy atom. The zero-order valence-corrected chi connectivity index (χ0v) is 37.1. The molecule has 1 aromatic carbocycles. The molecule has 1 saturated carbocycles. The van der Waals surface area contributed by atoms with Crippen molar-refractivity contribution in [1.82, 2.24) is 47.4 Å². The second-order valence-corrected chi connectivity index (χ2v) is 16.2. The first kappa shape index (κ1) is 54.0. The molecule has 12 amide bonds. The number of nitrogens with two attached hydrogens (primary N) is 3. The molecular formula is C41H60N12O14. The van der Waals surface area contributed by atoms with E-state index in [1.807, 2.05) is 0 Å². The van der Waals surface area contributed by atoms with Crippen LogP contribution in [0.3, 0.4) is 0 Å². The lowest BCUT2D eigenvalue weighted by Gasteiger charge is -2.30. The van der Waals surface area contributed by atoms with Gasteiger partial charge in [-0.1, -0.05) is 32.4 Å². The van der Waals surface area contributed by atoms with Gasteiger partial charge in [-0.3, -0.25) is 57.5 Å². The Labute approximate surface area is 384 Å². The van der Waals surface area contributed by atoms with Crippen molar-refractivity contribution in [3.63, 3.8) is 0 Å². The number of phenolic OH excluding ortho intramolecular Hbond substituents is 1. The topological polar surface area (TPSA) is 423 Å². The molecule has 2 aliphatic rings. The molecule has 26 heteroatoms. The van der Waals surface area contributed by atoms with Crippen molar-refractivity contribution in [1.29, 1.82) is 0 Å². The number of phenols is 1. The van der Waals surface area contributed by atoms with Crippen LogP contribution in [-0.4, -0.2) is 155 Å². The van der Waals surface area contributed by atoms with Gasteiger partial charge in [-0.25, -0.2) is 0 Å². The summed E-state index contributed by atoms with van der Waals surface area (Å²) in [5, 5.41) is 38.7. The van der Waals surface area contributed by atoms with E-state index >= 15 is 0 Å². The Kier molecular flexibility index (Phi) is 20.9. The number of benzene rings is 1. The standard InChI is InChI=1S/C41H60N12O14/c1-3-20(2)35-40(66)49-24(10-11-29(42)56)37(63)50-26(15-30(43)57)38(64)51-27(41(67)53(22-6-7-22)18-34(61)48-28(19-54)36(62)46-17-31(44)58)16-45-32(59)12-13-33(60)47-25(39(65)52-35)14-21-4-8-23(55)9-5-21/h4-5,8-9,20,22,24-28,35,54-55H,3,6-7,10-19H2,1-2H3,(H2,42,56)(H2,43,57)(H2,44,58)(H,45,59)(H,46,62)(H,47,60)(H,48,61)(H,49,66)(H,50,63)(H,51,64)(H,52,65)/t20-,24-,25-,26-,27-,28-,35-/m0/s1. The lowest BCUT2D eigenvalue weighted by atomic mass is 9.96. The Bertz CT molecular complexity index is 2030. The molecule has 67 heavy (non-hydrogen) atoms. The highest BCUT2D eigenvalue weighted by Gasteiger charge is 2.40. The van der Waals surface area contributed by atoms with Crippen LogP contribution in [0.5, 0.6) is 5.75 Å². The smallest absolute Gasteiger partial charge is 0.247 e. The molecule has 1 aliphatic carbocycles. The molecule has 1 aromatic rings. The van der Waals surface area contributed by atoms with Crippen LogP contribution in [0.1, 0.15) is 70.8 Å². The zero-order chi connectivity index (χ0) is 50.0. The molecule has 0 spiro atoms. The van der Waals surface area contributed by atoms with E-state index in [1.165, 1.54) is 24.3 Å². The van der Waals surface area contributed by atoms with Gasteiger partial charge < -0.3 is 74.8 Å². The van der Waals surface area contributed by atoms with Gasteiger partial charge in [-0.05, 0) is 42.9 Å². The fourth-order valence-corrected chi connectivity index (χ4v) is 6.66. The van der Waals surface area contributed by atoms with Crippen molar-refractivity contribution < 1.29 is 67.7 Å². The second-order valence-electron chi connectivity index (χ2n) is 16.2. The van der Waals surface area contributed by atoms with Crippen molar-refractivity contribution in [2.45, 2.75) is 114 Å². The van der Waals surface area contributed by atoms with Gasteiger partial charge >= 0.3 is 0 Å². The fraction of sp³-hybridized carbons (Fsp3) is 0.561. The van der Waals surface area contributed by atoms with Crippen LogP contribution in [0.2, 0.25) is 0 Å². The molecule has 0 radical (unpaired) electrons. The first-order chi connectivity index (χ1) is 31.6. The molecule has 0 bridgehead atoms. The monoisotopic (exact) mass is 944 g/mol. The average molecular weight is 945 g/mol. The molecule has 0 aromatic heterocycles. The van der Waals surface area contributed by atoms with Gasteiger partial charge in [0.05, 0.1) is 26.1 Å². The summed E-state index contributed by atoms with van der Waals surface area (Å²) in [5.74, 6) is -12.2. The fourth-order valence-electron chi connectivity index (χ4n) is 6.66. The van der Waals surface area contributed by atoms with Crippen LogP contribution in [0.25, 0.3) is 0 Å². The van der Waals surface area contributed by atoms with Gasteiger partial charge in [0.15, 0.2) is 0 Å². The SMILES string of the molecule is CC[C@H](C)[C@@H]1NC(=O)[C@H](Cc2ccc(O)cc2)NC(=O)CCC(=O)NC[C@@H](C(=O)N(CC(=O)N[C@@H](CO)C(=O)NCC(N)=O)C2CC2)NC(=O)[C@H](CC(N)=O)NC(=O)[C@H](CCC(N)=O)NC1=O. The lowest BCUT2D eigenvalue weighted by Crippen LogP contribution is -2.62. The minimum atomic E-state index is -1.86. The van der Waals surface area contributed by atoms with E-state index in [-0.39, 0.29) is 12.2 Å². The average Bonchev–Trinajstić information content (AvgIpc) is 4.12. The van der Waals surface area contributed by atoms with Crippen LogP contribution in [-0.2, 0) is 64.0 Å². The van der Waals surface area contributed by atoms with Gasteiger partial charge in [0.2, 0.25) is 70.9 Å². The molecule has 0 unspecified atom stereocenters. The van der Waals surface area contributed by atoms with E-state index < -0.39 is 177 Å². The van der Waals surface area contributed by atoms with Crippen LogP contribution >= 0.6 is 0 Å². The van der Waals surface area contributed by atoms with Crippen molar-refractivity contribution in [2.24, 2.45) is 23.1 Å². The Balaban J connectivity index is 2.04. The van der Waals surface area contributed by atoms with Crippen LogP contribution in [0.4, 0.5) is 0 Å². The maximum absolute atomic E-state index is 14.3. The Hall–Kier alpha value is -7.38. The van der Waals surface area contributed by atoms with Crippen molar-refractivity contribution >= 4 is 70.9 Å². The number of carbonyl (C=O) groups excluding carboxylic acids is 12. The lowest BCUT2D eigenvalue weighted by molar-refractivity contribution is -0.141. The molecule has 1 heterocycles. The number of primary amides is 3. The minimum absolute atomic E-state index is 0.0741. The van der Waals surface area contributed by atoms with E-state index in [0.29, 0.717) is 24.8 Å². The summed E-state index contributed by atoms with van der Waals surface area (Å²) in [6.07, 6.45) is -1.88. The van der Waals surface area contributed by atoms with Crippen LogP contribution in [0, 0.1) is 5.92 Å². The van der Waals surface area contributed by atoms with Gasteiger partial charge in [-0.15, -0.1) is 0 Å². The third kappa shape index (κ3) is 18.2. The molecular weight excluding hydrogens is 885 g/mol. The summed E-state index contributed by atoms with van der Waals surface area (Å²) >= 11 is 0. The van der Waals surface area contributed by atoms with Crippen LogP contribution in [0.15, 0.2) is 24.3 Å². The Morgan fingerprint density at radius 2 is 1.39 bits per heavy atom. The Morgan fingerprint density at radius 1 is 0.776 bits per heavy atom. The molecule has 3 rings (SSSR count). The summed E-state index contributed by atoms with van der Waals surface area (Å²) in [7, 11) is 0. The van der Waals surface area contributed by atoms with E-state index in [2.05, 4.69) is 42.5 Å². The number of hydrogen-bond donors (Lipinski definition) is 13. The number of hydrogen-bond acceptors (Lipinski definition) is 14. The second kappa shape index (κ2) is 25.9. The maximum Gasteiger partial charge on any atom is 0.247 e. The highest BCUT2D eigenvalue weighted by atomic mass is 16.3. The predicted molar refractivity (Wildman–Crippen MR) is 231 cm³/mol. The van der Waals surface area contributed by atoms with Crippen molar-refractivity contribution in [3.05, 3.63) is 29.8 Å². The van der Waals surface area contributed by atoms with E-state index in [4.69, 9.17) is 17.2 Å². The van der Waals surface area contributed by atoms with Gasteiger partial charge in [0, 0.05) is 38.3 Å². The first-order valence-corrected chi connectivity index (χ1v) is 21.5. The van der Waals surface area contributed by atoms with E-state index in [1.54, 1.807) is 13.8 Å². The molecule has 7 atom stereocenters. The number of aliphatic hydroxyl groups excluding tert-OH is 1. The normalized spacial score (nSPS) is 22.1. The number of aliphatic hydroxyl groups is 1. The highest BCUT2D eigenvalue weighted by Crippen LogP contribution is 2.27. The largest absolute Gasteiger partial charge is 0.508 e. The maximum atomic E-state index is 14.3. The number of nitrogens with zero attached hydrogens (tertiary/aromatic N) is 1. The predicted octanol–water partition coefficient (Wildman–Crippen LogP) is -6.47. The molecule has 1 aliphatic heterocycles. The number of nitrogens with one attached hydrogen (secondary N) is 8. The minimum Gasteiger partial charge on any atom is -0.508 e. The summed E-state index contributed by atoms with van der Waals surface area (Å²) in [5.41, 5.74) is 16.3.